The molecular formula is C15H21N3O3. The van der Waals surface area contributed by atoms with E-state index in [2.05, 4.69) is 5.32 Å². The van der Waals surface area contributed by atoms with Crippen molar-refractivity contribution in [1.82, 2.24) is 5.32 Å². The Morgan fingerprint density at radius 3 is 2.90 bits per heavy atom. The van der Waals surface area contributed by atoms with Crippen LogP contribution < -0.4 is 15.8 Å². The number of hydrogen-bond acceptors (Lipinski definition) is 5. The molecule has 1 atom stereocenters. The number of carbonyl (C=O) groups excluding carboxylic acids is 1. The highest BCUT2D eigenvalue weighted by atomic mass is 16.5. The Morgan fingerprint density at radius 2 is 2.19 bits per heavy atom. The monoisotopic (exact) mass is 291 g/mol. The third-order valence-electron chi connectivity index (χ3n) is 2.85. The third kappa shape index (κ3) is 7.30. The molecule has 0 bridgehead atoms. The molecule has 0 spiro atoms. The van der Waals surface area contributed by atoms with E-state index >= 15 is 0 Å². The standard InChI is InChI=1S/C15H21N3O3/c16-9-12-5-1-2-6-14(12)21-11-13(19)10-18-8-4-3-7-15(17)20/h1-2,5-6,13,18-19H,3-4,7-8,10-11H2,(H2,17,20). The first-order valence-electron chi connectivity index (χ1n) is 6.92. The number of para-hydroxylation sites is 1. The minimum Gasteiger partial charge on any atom is -0.489 e. The molecular weight excluding hydrogens is 270 g/mol. The smallest absolute Gasteiger partial charge is 0.217 e. The number of ether oxygens (including phenoxy) is 1. The number of nitrogens with one attached hydrogen (secondary N) is 1. The van der Waals surface area contributed by atoms with Crippen LogP contribution in [0.2, 0.25) is 0 Å². The molecule has 6 heteroatoms. The van der Waals surface area contributed by atoms with E-state index < -0.39 is 6.10 Å². The van der Waals surface area contributed by atoms with Gasteiger partial charge in [-0.3, -0.25) is 4.79 Å². The second kappa shape index (κ2) is 9.75. The minimum atomic E-state index is -0.659. The maximum atomic E-state index is 10.5. The van der Waals surface area contributed by atoms with Crippen molar-refractivity contribution in [2.24, 2.45) is 5.73 Å². The van der Waals surface area contributed by atoms with Gasteiger partial charge in [0.25, 0.3) is 0 Å². The quantitative estimate of drug-likeness (QED) is 0.545. The van der Waals surface area contributed by atoms with E-state index in [9.17, 15) is 9.90 Å². The normalized spacial score (nSPS) is 11.6. The molecule has 0 fully saturated rings. The predicted octanol–water partition coefficient (Wildman–Crippen LogP) is 0.543. The van der Waals surface area contributed by atoms with Crippen molar-refractivity contribution >= 4 is 5.91 Å². The van der Waals surface area contributed by atoms with Gasteiger partial charge in [0.1, 0.15) is 24.5 Å². The van der Waals surface area contributed by atoms with Crippen LogP contribution in [0.5, 0.6) is 5.75 Å². The first kappa shape index (κ1) is 17.0. The van der Waals surface area contributed by atoms with Gasteiger partial charge < -0.3 is 20.9 Å². The molecule has 1 amide bonds. The number of amides is 1. The van der Waals surface area contributed by atoms with Gasteiger partial charge in [0.15, 0.2) is 0 Å². The first-order valence-corrected chi connectivity index (χ1v) is 6.92. The van der Waals surface area contributed by atoms with Crippen LogP contribution in [0.1, 0.15) is 24.8 Å². The number of carbonyl (C=O) groups is 1. The lowest BCUT2D eigenvalue weighted by atomic mass is 10.2. The van der Waals surface area contributed by atoms with Gasteiger partial charge in [-0.05, 0) is 31.5 Å². The average Bonchev–Trinajstić information content (AvgIpc) is 2.48. The maximum absolute atomic E-state index is 10.5. The Kier molecular flexibility index (Phi) is 7.87. The zero-order valence-electron chi connectivity index (χ0n) is 11.9. The Morgan fingerprint density at radius 1 is 1.43 bits per heavy atom. The number of nitrogens with zero attached hydrogens (tertiary/aromatic N) is 1. The van der Waals surface area contributed by atoms with Crippen molar-refractivity contribution in [1.29, 1.82) is 5.26 Å². The zero-order valence-corrected chi connectivity index (χ0v) is 11.9. The summed E-state index contributed by atoms with van der Waals surface area (Å²) in [6.07, 6.45) is 1.30. The summed E-state index contributed by atoms with van der Waals surface area (Å²) in [7, 11) is 0. The lowest BCUT2D eigenvalue weighted by Crippen LogP contribution is -2.32. The SMILES string of the molecule is N#Cc1ccccc1OCC(O)CNCCCCC(N)=O. The van der Waals surface area contributed by atoms with Gasteiger partial charge in [0.05, 0.1) is 5.56 Å². The van der Waals surface area contributed by atoms with Gasteiger partial charge in [-0.2, -0.15) is 5.26 Å². The van der Waals surface area contributed by atoms with Crippen molar-refractivity contribution in [3.8, 4) is 11.8 Å². The summed E-state index contributed by atoms with van der Waals surface area (Å²) in [6.45, 7) is 1.22. The highest BCUT2D eigenvalue weighted by Crippen LogP contribution is 2.16. The highest BCUT2D eigenvalue weighted by molar-refractivity contribution is 5.73. The van der Waals surface area contributed by atoms with Crippen LogP contribution in [-0.2, 0) is 4.79 Å². The molecule has 0 saturated heterocycles. The van der Waals surface area contributed by atoms with Crippen LogP contribution in [0.4, 0.5) is 0 Å². The Labute approximate surface area is 124 Å². The summed E-state index contributed by atoms with van der Waals surface area (Å²) in [4.78, 5) is 10.5. The van der Waals surface area contributed by atoms with E-state index in [1.54, 1.807) is 24.3 Å². The molecule has 21 heavy (non-hydrogen) atoms. The summed E-state index contributed by atoms with van der Waals surface area (Å²) in [5.74, 6) is 0.181. The number of nitriles is 1. The fourth-order valence-electron chi connectivity index (χ4n) is 1.75. The minimum absolute atomic E-state index is 0.118. The number of aliphatic hydroxyl groups is 1. The van der Waals surface area contributed by atoms with Crippen LogP contribution in [0.3, 0.4) is 0 Å². The molecule has 6 nitrogen and oxygen atoms in total. The van der Waals surface area contributed by atoms with E-state index in [0.717, 1.165) is 12.8 Å². The third-order valence-corrected chi connectivity index (χ3v) is 2.85. The van der Waals surface area contributed by atoms with Gasteiger partial charge >= 0.3 is 0 Å². The molecule has 1 aromatic rings. The molecule has 1 aromatic carbocycles. The molecule has 0 radical (unpaired) electrons. The number of rotatable bonds is 10. The van der Waals surface area contributed by atoms with Gasteiger partial charge in [0.2, 0.25) is 5.91 Å². The summed E-state index contributed by atoms with van der Waals surface area (Å²) in [5, 5.41) is 21.8. The fraction of sp³-hybridized carbons (Fsp3) is 0.467. The number of nitrogens with two attached hydrogens (primary N) is 1. The van der Waals surface area contributed by atoms with Gasteiger partial charge in [-0.1, -0.05) is 12.1 Å². The molecule has 4 N–H and O–H groups in total. The van der Waals surface area contributed by atoms with Gasteiger partial charge in [-0.25, -0.2) is 0 Å². The molecule has 0 aliphatic carbocycles. The molecule has 0 aliphatic heterocycles. The molecule has 0 aliphatic rings. The van der Waals surface area contributed by atoms with Crippen molar-refractivity contribution in [3.63, 3.8) is 0 Å². The predicted molar refractivity (Wildman–Crippen MR) is 78.6 cm³/mol. The largest absolute Gasteiger partial charge is 0.489 e. The first-order chi connectivity index (χ1) is 10.1. The van der Waals surface area contributed by atoms with Crippen molar-refractivity contribution < 1.29 is 14.6 Å². The summed E-state index contributed by atoms with van der Waals surface area (Å²) >= 11 is 0. The fourth-order valence-corrected chi connectivity index (χ4v) is 1.75. The van der Waals surface area contributed by atoms with E-state index in [-0.39, 0.29) is 12.5 Å². The number of unbranched alkanes of at least 4 members (excludes halogenated alkanes) is 1. The molecule has 0 heterocycles. The maximum Gasteiger partial charge on any atom is 0.217 e. The van der Waals surface area contributed by atoms with E-state index in [1.807, 2.05) is 6.07 Å². The van der Waals surface area contributed by atoms with Gasteiger partial charge in [-0.15, -0.1) is 0 Å². The Bertz CT molecular complexity index is 485. The molecule has 0 aromatic heterocycles. The lowest BCUT2D eigenvalue weighted by molar-refractivity contribution is -0.118. The summed E-state index contributed by atoms with van der Waals surface area (Å²) in [5.41, 5.74) is 5.48. The summed E-state index contributed by atoms with van der Waals surface area (Å²) in [6, 6.07) is 8.93. The molecule has 114 valence electrons. The van der Waals surface area contributed by atoms with Gasteiger partial charge in [0, 0.05) is 13.0 Å². The Balaban J connectivity index is 2.15. The number of aliphatic hydroxyl groups excluding tert-OH is 1. The Hall–Kier alpha value is -2.10. The number of hydrogen-bond donors (Lipinski definition) is 3. The molecule has 0 saturated carbocycles. The summed E-state index contributed by atoms with van der Waals surface area (Å²) < 4.78 is 5.43. The van der Waals surface area contributed by atoms with Crippen molar-refractivity contribution in [2.75, 3.05) is 19.7 Å². The number of primary amides is 1. The average molecular weight is 291 g/mol. The van der Waals surface area contributed by atoms with E-state index in [1.165, 1.54) is 0 Å². The van der Waals surface area contributed by atoms with Crippen LogP contribution in [-0.4, -0.2) is 36.8 Å². The second-order valence-electron chi connectivity index (χ2n) is 4.70. The van der Waals surface area contributed by atoms with Crippen molar-refractivity contribution in [2.45, 2.75) is 25.4 Å². The topological polar surface area (TPSA) is 108 Å². The van der Waals surface area contributed by atoms with E-state index in [0.29, 0.717) is 30.8 Å². The lowest BCUT2D eigenvalue weighted by Gasteiger charge is -2.13. The van der Waals surface area contributed by atoms with Crippen LogP contribution >= 0.6 is 0 Å². The zero-order chi connectivity index (χ0) is 15.5. The van der Waals surface area contributed by atoms with Crippen LogP contribution in [0.25, 0.3) is 0 Å². The van der Waals surface area contributed by atoms with Crippen LogP contribution in [0, 0.1) is 11.3 Å². The van der Waals surface area contributed by atoms with E-state index in [4.69, 9.17) is 15.7 Å². The molecule has 1 unspecified atom stereocenters. The number of benzene rings is 1. The highest BCUT2D eigenvalue weighted by Gasteiger charge is 2.07. The second-order valence-corrected chi connectivity index (χ2v) is 4.70. The van der Waals surface area contributed by atoms with Crippen LogP contribution in [0.15, 0.2) is 24.3 Å². The van der Waals surface area contributed by atoms with Crippen molar-refractivity contribution in [3.05, 3.63) is 29.8 Å². The molecule has 1 rings (SSSR count).